The van der Waals surface area contributed by atoms with Gasteiger partial charge in [-0.3, -0.25) is 9.10 Å². The first-order chi connectivity index (χ1) is 16.6. The number of carbonyl (C=O) groups is 1. The molecular weight excluding hydrogens is 503 g/mol. The summed E-state index contributed by atoms with van der Waals surface area (Å²) in [6.45, 7) is 3.38. The fourth-order valence-corrected chi connectivity index (χ4v) is 6.02. The number of carbonyl (C=O) groups excluding carboxylic acids is 1. The van der Waals surface area contributed by atoms with E-state index in [0.29, 0.717) is 5.02 Å². The van der Waals surface area contributed by atoms with Crippen LogP contribution in [-0.4, -0.2) is 20.9 Å². The molecule has 0 aliphatic heterocycles. The van der Waals surface area contributed by atoms with Gasteiger partial charge in [0.15, 0.2) is 0 Å². The van der Waals surface area contributed by atoms with Crippen LogP contribution in [0, 0.1) is 6.92 Å². The highest BCUT2D eigenvalue weighted by Crippen LogP contribution is 2.31. The minimum atomic E-state index is -4.04. The monoisotopic (exact) mass is 530 g/mol. The second-order valence-electron chi connectivity index (χ2n) is 8.95. The molecule has 0 saturated heterocycles. The number of sulfonamides is 1. The molecule has 1 unspecified atom stereocenters. The number of rotatable bonds is 7. The number of halogens is 2. The molecule has 0 radical (unpaired) electrons. The average Bonchev–Trinajstić information content (AvgIpc) is 2.84. The molecule has 3 aromatic carbocycles. The average molecular weight is 532 g/mol. The molecule has 0 aromatic heterocycles. The Bertz CT molecular complexity index is 1340. The maximum Gasteiger partial charge on any atom is 0.264 e. The molecule has 1 aliphatic carbocycles. The third-order valence-electron chi connectivity index (χ3n) is 6.34. The lowest BCUT2D eigenvalue weighted by Crippen LogP contribution is -2.41. The van der Waals surface area contributed by atoms with Crippen LogP contribution in [0.3, 0.4) is 0 Å². The quantitative estimate of drug-likeness (QED) is 0.392. The Morgan fingerprint density at radius 1 is 0.943 bits per heavy atom. The molecule has 1 aliphatic rings. The molecule has 4 rings (SSSR count). The molecule has 3 aromatic rings. The van der Waals surface area contributed by atoms with Gasteiger partial charge in [0.05, 0.1) is 26.7 Å². The molecule has 35 heavy (non-hydrogen) atoms. The largest absolute Gasteiger partial charge is 0.348 e. The van der Waals surface area contributed by atoms with Gasteiger partial charge in [-0.1, -0.05) is 59.1 Å². The molecule has 0 saturated carbocycles. The van der Waals surface area contributed by atoms with Crippen LogP contribution < -0.4 is 9.62 Å². The molecular formula is C27H28Cl2N2O3S. The highest BCUT2D eigenvalue weighted by atomic mass is 35.5. The molecule has 0 spiro atoms. The second kappa shape index (κ2) is 10.6. The molecule has 1 atom stereocenters. The summed E-state index contributed by atoms with van der Waals surface area (Å²) in [5, 5.41) is 3.46. The molecule has 0 fully saturated rings. The summed E-state index contributed by atoms with van der Waals surface area (Å²) in [7, 11) is -4.04. The number of hydrogen-bond acceptors (Lipinski definition) is 3. The second-order valence-corrected chi connectivity index (χ2v) is 11.6. The number of aryl methyl sites for hydroxylation is 3. The van der Waals surface area contributed by atoms with Crippen molar-refractivity contribution in [3.8, 4) is 0 Å². The van der Waals surface area contributed by atoms with E-state index in [1.54, 1.807) is 18.2 Å². The number of hydrogen-bond donors (Lipinski definition) is 1. The minimum Gasteiger partial charge on any atom is -0.348 e. The molecule has 0 bridgehead atoms. The normalized spacial score (nSPS) is 14.2. The first-order valence-corrected chi connectivity index (χ1v) is 13.8. The van der Waals surface area contributed by atoms with Crippen molar-refractivity contribution in [3.63, 3.8) is 0 Å². The zero-order valence-corrected chi connectivity index (χ0v) is 22.1. The van der Waals surface area contributed by atoms with Crippen LogP contribution in [0.2, 0.25) is 10.0 Å². The lowest BCUT2D eigenvalue weighted by Gasteiger charge is -2.26. The summed E-state index contributed by atoms with van der Waals surface area (Å²) >= 11 is 12.2. The number of fused-ring (bicyclic) bond motifs is 1. The van der Waals surface area contributed by atoms with E-state index in [2.05, 4.69) is 17.4 Å². The summed E-state index contributed by atoms with van der Waals surface area (Å²) in [6, 6.07) is 17.1. The number of nitrogens with one attached hydrogen (secondary N) is 1. The maximum atomic E-state index is 13.6. The van der Waals surface area contributed by atoms with Crippen molar-refractivity contribution in [1.29, 1.82) is 0 Å². The van der Waals surface area contributed by atoms with Crippen LogP contribution in [0.15, 0.2) is 65.6 Å². The van der Waals surface area contributed by atoms with Crippen LogP contribution in [0.1, 0.15) is 48.1 Å². The van der Waals surface area contributed by atoms with Gasteiger partial charge in [-0.2, -0.15) is 0 Å². The van der Waals surface area contributed by atoms with E-state index in [1.807, 2.05) is 19.9 Å². The number of anilines is 1. The van der Waals surface area contributed by atoms with Crippen molar-refractivity contribution >= 4 is 44.8 Å². The van der Waals surface area contributed by atoms with E-state index < -0.39 is 22.5 Å². The summed E-state index contributed by atoms with van der Waals surface area (Å²) in [5.74, 6) is -0.419. The lowest BCUT2D eigenvalue weighted by molar-refractivity contribution is -0.120. The van der Waals surface area contributed by atoms with Gasteiger partial charge in [0, 0.05) is 0 Å². The Hall–Kier alpha value is -2.54. The van der Waals surface area contributed by atoms with E-state index in [4.69, 9.17) is 23.2 Å². The molecule has 5 nitrogen and oxygen atoms in total. The Labute approximate surface area is 217 Å². The highest BCUT2D eigenvalue weighted by molar-refractivity contribution is 7.92. The van der Waals surface area contributed by atoms with Gasteiger partial charge in [0.1, 0.15) is 6.54 Å². The zero-order valence-electron chi connectivity index (χ0n) is 19.7. The molecule has 8 heteroatoms. The zero-order chi connectivity index (χ0) is 25.2. The van der Waals surface area contributed by atoms with Gasteiger partial charge in [-0.15, -0.1) is 0 Å². The predicted octanol–water partition coefficient (Wildman–Crippen LogP) is 6.25. The summed E-state index contributed by atoms with van der Waals surface area (Å²) in [6.07, 6.45) is 4.51. The van der Waals surface area contributed by atoms with Crippen molar-refractivity contribution in [2.75, 3.05) is 10.8 Å². The van der Waals surface area contributed by atoms with Crippen LogP contribution in [0.25, 0.3) is 0 Å². The Morgan fingerprint density at radius 2 is 1.63 bits per heavy atom. The van der Waals surface area contributed by atoms with Crippen LogP contribution in [-0.2, 0) is 27.7 Å². The Kier molecular flexibility index (Phi) is 7.74. The van der Waals surface area contributed by atoms with Crippen molar-refractivity contribution in [1.82, 2.24) is 5.32 Å². The van der Waals surface area contributed by atoms with E-state index in [9.17, 15) is 13.2 Å². The summed E-state index contributed by atoms with van der Waals surface area (Å²) in [4.78, 5) is 13.2. The third kappa shape index (κ3) is 5.83. The molecule has 1 N–H and O–H groups in total. The van der Waals surface area contributed by atoms with E-state index in [1.165, 1.54) is 48.2 Å². The van der Waals surface area contributed by atoms with E-state index in [0.717, 1.165) is 28.3 Å². The Balaban J connectivity index is 1.59. The third-order valence-corrected chi connectivity index (χ3v) is 8.86. The first kappa shape index (κ1) is 25.5. The standard InChI is InChI=1S/C27H28Cl2N2O3S/c1-18-7-12-24(13-8-18)35(33,34)31(23-11-14-25(28)26(29)16-23)17-27(32)30-19(2)21-10-9-20-5-3-4-6-22(20)15-21/h7-16,19H,3-6,17H2,1-2H3,(H,30,32). The van der Waals surface area contributed by atoms with Crippen LogP contribution in [0.5, 0.6) is 0 Å². The number of benzene rings is 3. The van der Waals surface area contributed by atoms with Gasteiger partial charge in [-0.25, -0.2) is 8.42 Å². The van der Waals surface area contributed by atoms with E-state index >= 15 is 0 Å². The highest BCUT2D eigenvalue weighted by Gasteiger charge is 2.28. The van der Waals surface area contributed by atoms with Crippen molar-refractivity contribution in [2.45, 2.75) is 50.5 Å². The van der Waals surface area contributed by atoms with Gasteiger partial charge in [-0.05, 0) is 86.6 Å². The predicted molar refractivity (Wildman–Crippen MR) is 142 cm³/mol. The number of amides is 1. The fourth-order valence-electron chi connectivity index (χ4n) is 4.32. The fraction of sp³-hybridized carbons (Fsp3) is 0.296. The molecule has 184 valence electrons. The topological polar surface area (TPSA) is 66.5 Å². The first-order valence-electron chi connectivity index (χ1n) is 11.6. The lowest BCUT2D eigenvalue weighted by atomic mass is 9.89. The minimum absolute atomic E-state index is 0.0877. The Morgan fingerprint density at radius 3 is 2.31 bits per heavy atom. The maximum absolute atomic E-state index is 13.6. The van der Waals surface area contributed by atoms with Gasteiger partial charge < -0.3 is 5.32 Å². The van der Waals surface area contributed by atoms with Gasteiger partial charge in [0.2, 0.25) is 5.91 Å². The summed E-state index contributed by atoms with van der Waals surface area (Å²) in [5.41, 5.74) is 4.89. The van der Waals surface area contributed by atoms with Crippen LogP contribution >= 0.6 is 23.2 Å². The van der Waals surface area contributed by atoms with E-state index in [-0.39, 0.29) is 21.6 Å². The van der Waals surface area contributed by atoms with Crippen LogP contribution in [0.4, 0.5) is 5.69 Å². The van der Waals surface area contributed by atoms with Crippen molar-refractivity contribution in [2.24, 2.45) is 0 Å². The van der Waals surface area contributed by atoms with Gasteiger partial charge in [0.25, 0.3) is 10.0 Å². The molecule has 0 heterocycles. The van der Waals surface area contributed by atoms with Crippen molar-refractivity contribution in [3.05, 3.63) is 93.0 Å². The SMILES string of the molecule is Cc1ccc(S(=O)(=O)N(CC(=O)NC(C)c2ccc3c(c2)CCCC3)c2ccc(Cl)c(Cl)c2)cc1. The number of nitrogens with zero attached hydrogens (tertiary/aromatic N) is 1. The van der Waals surface area contributed by atoms with Gasteiger partial charge >= 0.3 is 0 Å². The van der Waals surface area contributed by atoms with Crippen molar-refractivity contribution < 1.29 is 13.2 Å². The molecule has 1 amide bonds. The summed E-state index contributed by atoms with van der Waals surface area (Å²) < 4.78 is 28.2. The smallest absolute Gasteiger partial charge is 0.264 e.